The molecule has 29 heavy (non-hydrogen) atoms. The van der Waals surface area contributed by atoms with Gasteiger partial charge in [0.2, 0.25) is 0 Å². The number of ether oxygens (including phenoxy) is 2. The molecular formula is C23H27ClN2O3. The van der Waals surface area contributed by atoms with Crippen molar-refractivity contribution in [1.29, 1.82) is 0 Å². The number of hydrogen-bond acceptors (Lipinski definition) is 4. The van der Waals surface area contributed by atoms with E-state index in [1.54, 1.807) is 20.4 Å². The fraction of sp³-hybridized carbons (Fsp3) is 0.348. The number of aryl methyl sites for hydroxylation is 1. The topological polar surface area (TPSA) is 55.8 Å². The molecular weight excluding hydrogens is 388 g/mol. The van der Waals surface area contributed by atoms with Crippen LogP contribution >= 0.6 is 11.6 Å². The molecule has 3 rings (SSSR count). The summed E-state index contributed by atoms with van der Waals surface area (Å²) in [6.07, 6.45) is 3.91. The third kappa shape index (κ3) is 5.11. The average molecular weight is 415 g/mol. The number of halogens is 1. The summed E-state index contributed by atoms with van der Waals surface area (Å²) in [5, 5.41) is 5.93. The Hall–Kier alpha value is -2.50. The summed E-state index contributed by atoms with van der Waals surface area (Å²) >= 11 is 6.43. The molecule has 0 radical (unpaired) electrons. The third-order valence-electron chi connectivity index (χ3n) is 4.94. The molecule has 0 saturated carbocycles. The number of methoxy groups -OCH3 is 2. The maximum absolute atomic E-state index is 6.43. The standard InChI is InChI=1S/C23H27ClN2O3/c1-16-18(11-14-29-25-12-6-13-27-2)23-19(15-17-7-4-5-8-20(17)24)22(28-3)10-9-21(23)26-16/h4-5,7-10,12,26H,6,11,13-15H2,1-3H3/b25-12+. The summed E-state index contributed by atoms with van der Waals surface area (Å²) in [6.45, 7) is 3.22. The highest BCUT2D eigenvalue weighted by molar-refractivity contribution is 6.31. The van der Waals surface area contributed by atoms with E-state index in [9.17, 15) is 0 Å². The van der Waals surface area contributed by atoms with Crippen LogP contribution in [0.2, 0.25) is 5.02 Å². The second kappa shape index (κ2) is 10.3. The van der Waals surface area contributed by atoms with Crippen molar-refractivity contribution < 1.29 is 14.3 Å². The Bertz CT molecular complexity index is 982. The minimum absolute atomic E-state index is 0.500. The Morgan fingerprint density at radius 1 is 1.07 bits per heavy atom. The highest BCUT2D eigenvalue weighted by Crippen LogP contribution is 2.35. The van der Waals surface area contributed by atoms with Gasteiger partial charge in [-0.25, -0.2) is 0 Å². The Labute approximate surface area is 176 Å². The molecule has 0 aliphatic carbocycles. The number of hydrogen-bond donors (Lipinski definition) is 1. The first-order valence-electron chi connectivity index (χ1n) is 9.68. The Balaban J connectivity index is 1.89. The number of nitrogens with zero attached hydrogens (tertiary/aromatic N) is 1. The lowest BCUT2D eigenvalue weighted by atomic mass is 9.96. The quantitative estimate of drug-likeness (QED) is 0.278. The SMILES string of the molecule is COCC/C=N/OCCc1c(C)[nH]c2ccc(OC)c(Cc3ccccc3Cl)c12. The van der Waals surface area contributed by atoms with E-state index in [0.29, 0.717) is 19.6 Å². The molecule has 5 nitrogen and oxygen atoms in total. The van der Waals surface area contributed by atoms with E-state index < -0.39 is 0 Å². The molecule has 0 amide bonds. The summed E-state index contributed by atoms with van der Waals surface area (Å²) in [4.78, 5) is 8.93. The van der Waals surface area contributed by atoms with Gasteiger partial charge in [0.05, 0.1) is 13.7 Å². The Morgan fingerprint density at radius 2 is 1.90 bits per heavy atom. The van der Waals surface area contributed by atoms with E-state index in [1.165, 1.54) is 10.9 Å². The smallest absolute Gasteiger partial charge is 0.123 e. The summed E-state index contributed by atoms with van der Waals surface area (Å²) in [5.74, 6) is 0.858. The van der Waals surface area contributed by atoms with Crippen molar-refractivity contribution in [3.05, 3.63) is 63.8 Å². The van der Waals surface area contributed by atoms with Crippen LogP contribution in [0.1, 0.15) is 28.8 Å². The summed E-state index contributed by atoms with van der Waals surface area (Å²) in [6, 6.07) is 12.0. The van der Waals surface area contributed by atoms with Gasteiger partial charge in [-0.1, -0.05) is 35.0 Å². The molecule has 0 spiro atoms. The van der Waals surface area contributed by atoms with Crippen molar-refractivity contribution in [1.82, 2.24) is 4.98 Å². The highest BCUT2D eigenvalue weighted by Gasteiger charge is 2.17. The van der Waals surface area contributed by atoms with Crippen molar-refractivity contribution in [2.24, 2.45) is 5.16 Å². The van der Waals surface area contributed by atoms with E-state index >= 15 is 0 Å². The van der Waals surface area contributed by atoms with Crippen LogP contribution in [-0.4, -0.2) is 38.6 Å². The largest absolute Gasteiger partial charge is 0.496 e. The fourth-order valence-electron chi connectivity index (χ4n) is 3.53. The summed E-state index contributed by atoms with van der Waals surface area (Å²) in [7, 11) is 3.37. The van der Waals surface area contributed by atoms with Gasteiger partial charge < -0.3 is 19.3 Å². The minimum Gasteiger partial charge on any atom is -0.496 e. The lowest BCUT2D eigenvalue weighted by Crippen LogP contribution is -2.00. The molecule has 2 aromatic carbocycles. The van der Waals surface area contributed by atoms with E-state index in [1.807, 2.05) is 24.3 Å². The molecule has 0 aliphatic rings. The molecule has 1 aromatic heterocycles. The maximum atomic E-state index is 6.43. The fourth-order valence-corrected chi connectivity index (χ4v) is 3.73. The van der Waals surface area contributed by atoms with Gasteiger partial charge in [0, 0.05) is 59.8 Å². The zero-order valence-electron chi connectivity index (χ0n) is 17.1. The zero-order valence-corrected chi connectivity index (χ0v) is 17.9. The highest BCUT2D eigenvalue weighted by atomic mass is 35.5. The molecule has 0 bridgehead atoms. The van der Waals surface area contributed by atoms with Gasteiger partial charge in [-0.3, -0.25) is 0 Å². The van der Waals surface area contributed by atoms with E-state index in [0.717, 1.165) is 46.0 Å². The van der Waals surface area contributed by atoms with Gasteiger partial charge >= 0.3 is 0 Å². The number of rotatable bonds is 10. The molecule has 0 saturated heterocycles. The van der Waals surface area contributed by atoms with Crippen LogP contribution in [0.15, 0.2) is 41.6 Å². The molecule has 0 aliphatic heterocycles. The average Bonchev–Trinajstić information content (AvgIpc) is 3.04. The first kappa shape index (κ1) is 21.2. The van der Waals surface area contributed by atoms with Crippen molar-refractivity contribution in [2.45, 2.75) is 26.2 Å². The number of aromatic amines is 1. The van der Waals surface area contributed by atoms with Gasteiger partial charge in [0.25, 0.3) is 0 Å². The monoisotopic (exact) mass is 414 g/mol. The van der Waals surface area contributed by atoms with Gasteiger partial charge in [-0.15, -0.1) is 0 Å². The molecule has 0 atom stereocenters. The van der Waals surface area contributed by atoms with Crippen LogP contribution < -0.4 is 4.74 Å². The normalized spacial score (nSPS) is 11.4. The van der Waals surface area contributed by atoms with Crippen LogP contribution in [0.25, 0.3) is 10.9 Å². The molecule has 0 unspecified atom stereocenters. The summed E-state index contributed by atoms with van der Waals surface area (Å²) < 4.78 is 10.7. The second-order valence-corrected chi connectivity index (χ2v) is 7.23. The van der Waals surface area contributed by atoms with Crippen LogP contribution in [0.5, 0.6) is 5.75 Å². The minimum atomic E-state index is 0.500. The number of benzene rings is 2. The van der Waals surface area contributed by atoms with Crippen LogP contribution in [0.4, 0.5) is 0 Å². The van der Waals surface area contributed by atoms with E-state index in [2.05, 4.69) is 29.2 Å². The number of oxime groups is 1. The Morgan fingerprint density at radius 3 is 2.66 bits per heavy atom. The predicted octanol–water partition coefficient (Wildman–Crippen LogP) is 5.31. The van der Waals surface area contributed by atoms with Crippen molar-refractivity contribution in [3.8, 4) is 5.75 Å². The van der Waals surface area contributed by atoms with Gasteiger partial charge in [-0.05, 0) is 36.2 Å². The number of nitrogens with one attached hydrogen (secondary N) is 1. The van der Waals surface area contributed by atoms with Crippen LogP contribution in [0, 0.1) is 6.92 Å². The van der Waals surface area contributed by atoms with Gasteiger partial charge in [-0.2, -0.15) is 0 Å². The maximum Gasteiger partial charge on any atom is 0.123 e. The summed E-state index contributed by atoms with van der Waals surface area (Å²) in [5.41, 5.74) is 5.63. The first-order chi connectivity index (χ1) is 14.2. The van der Waals surface area contributed by atoms with Crippen molar-refractivity contribution in [2.75, 3.05) is 27.4 Å². The Kier molecular flexibility index (Phi) is 7.55. The van der Waals surface area contributed by atoms with E-state index in [-0.39, 0.29) is 0 Å². The zero-order chi connectivity index (χ0) is 20.6. The third-order valence-corrected chi connectivity index (χ3v) is 5.30. The molecule has 0 fully saturated rings. The molecule has 1 heterocycles. The van der Waals surface area contributed by atoms with Gasteiger partial charge in [0.15, 0.2) is 0 Å². The van der Waals surface area contributed by atoms with Crippen LogP contribution in [0.3, 0.4) is 0 Å². The number of fused-ring (bicyclic) bond motifs is 1. The second-order valence-electron chi connectivity index (χ2n) is 6.82. The molecule has 6 heteroatoms. The number of aromatic nitrogens is 1. The molecule has 1 N–H and O–H groups in total. The lowest BCUT2D eigenvalue weighted by molar-refractivity contribution is 0.147. The number of H-pyrrole nitrogens is 1. The van der Waals surface area contributed by atoms with Crippen LogP contribution in [-0.2, 0) is 22.4 Å². The predicted molar refractivity (Wildman–Crippen MR) is 118 cm³/mol. The lowest BCUT2D eigenvalue weighted by Gasteiger charge is -2.13. The van der Waals surface area contributed by atoms with Crippen molar-refractivity contribution in [3.63, 3.8) is 0 Å². The van der Waals surface area contributed by atoms with Gasteiger partial charge in [0.1, 0.15) is 12.4 Å². The molecule has 3 aromatic rings. The van der Waals surface area contributed by atoms with Crippen molar-refractivity contribution >= 4 is 28.7 Å². The first-order valence-corrected chi connectivity index (χ1v) is 10.1. The molecule has 154 valence electrons. The van der Waals surface area contributed by atoms with E-state index in [4.69, 9.17) is 25.9 Å².